The molecule has 6 heteroatoms. The monoisotopic (exact) mass is 341 g/mol. The maximum Gasteiger partial charge on any atom is 0.243 e. The van der Waals surface area contributed by atoms with E-state index in [1.807, 2.05) is 18.2 Å². The maximum absolute atomic E-state index is 13.1. The number of piperidine rings is 1. The molecule has 1 atom stereocenters. The lowest BCUT2D eigenvalue weighted by Gasteiger charge is -2.34. The third-order valence-corrected chi connectivity index (χ3v) is 4.30. The molecule has 3 rings (SSSR count). The van der Waals surface area contributed by atoms with Crippen LogP contribution in [0.1, 0.15) is 30.5 Å². The van der Waals surface area contributed by atoms with Crippen molar-refractivity contribution in [2.24, 2.45) is 0 Å². The van der Waals surface area contributed by atoms with Gasteiger partial charge >= 0.3 is 0 Å². The highest BCUT2D eigenvalue weighted by Gasteiger charge is 2.33. The summed E-state index contributed by atoms with van der Waals surface area (Å²) in [6.07, 6.45) is 3.43. The molecule has 0 spiro atoms. The Balaban J connectivity index is 1.67. The summed E-state index contributed by atoms with van der Waals surface area (Å²) in [5.74, 6) is -0.548. The summed E-state index contributed by atoms with van der Waals surface area (Å²) in [7, 11) is 0. The zero-order valence-corrected chi connectivity index (χ0v) is 13.8. The molecule has 1 fully saturated rings. The van der Waals surface area contributed by atoms with Crippen molar-refractivity contribution in [2.45, 2.75) is 38.4 Å². The minimum absolute atomic E-state index is 0.0476. The van der Waals surface area contributed by atoms with Crippen LogP contribution in [0.15, 0.2) is 48.7 Å². The van der Waals surface area contributed by atoms with Gasteiger partial charge in [0, 0.05) is 19.2 Å². The molecule has 1 saturated heterocycles. The van der Waals surface area contributed by atoms with E-state index in [-0.39, 0.29) is 17.6 Å². The molecule has 1 aliphatic heterocycles. The number of nitrogens with zero attached hydrogens (tertiary/aromatic N) is 2. The standard InChI is InChI=1S/C19H20FN3O2/c20-15-9-7-14(8-10-15)13-23-17(5-3-6-18(23)24)19(25)22-12-16-4-1-2-11-21-16/h1-2,4,7-11,17H,3,5-6,12-13H2,(H,22,25). The van der Waals surface area contributed by atoms with Crippen LogP contribution in [0, 0.1) is 5.82 Å². The van der Waals surface area contributed by atoms with Gasteiger partial charge in [0.2, 0.25) is 11.8 Å². The highest BCUT2D eigenvalue weighted by molar-refractivity contribution is 5.88. The first kappa shape index (κ1) is 17.1. The van der Waals surface area contributed by atoms with Crippen molar-refractivity contribution in [3.05, 3.63) is 65.7 Å². The second-order valence-corrected chi connectivity index (χ2v) is 6.10. The average Bonchev–Trinajstić information content (AvgIpc) is 2.64. The van der Waals surface area contributed by atoms with E-state index >= 15 is 0 Å². The first-order valence-electron chi connectivity index (χ1n) is 8.35. The number of rotatable bonds is 5. The molecule has 25 heavy (non-hydrogen) atoms. The van der Waals surface area contributed by atoms with Crippen LogP contribution in [0.5, 0.6) is 0 Å². The van der Waals surface area contributed by atoms with Gasteiger partial charge in [-0.15, -0.1) is 0 Å². The van der Waals surface area contributed by atoms with Crippen LogP contribution < -0.4 is 5.32 Å². The summed E-state index contributed by atoms with van der Waals surface area (Å²) in [5.41, 5.74) is 1.57. The largest absolute Gasteiger partial charge is 0.349 e. The van der Waals surface area contributed by atoms with Crippen molar-refractivity contribution in [1.29, 1.82) is 0 Å². The molecule has 1 unspecified atom stereocenters. The fourth-order valence-corrected chi connectivity index (χ4v) is 2.98. The molecule has 2 aromatic rings. The Kier molecular flexibility index (Phi) is 5.38. The van der Waals surface area contributed by atoms with Crippen LogP contribution in [0.4, 0.5) is 4.39 Å². The van der Waals surface area contributed by atoms with Gasteiger partial charge in [0.15, 0.2) is 0 Å². The van der Waals surface area contributed by atoms with Crippen LogP contribution in [0.3, 0.4) is 0 Å². The molecule has 0 radical (unpaired) electrons. The van der Waals surface area contributed by atoms with Crippen molar-refractivity contribution in [2.75, 3.05) is 0 Å². The highest BCUT2D eigenvalue weighted by atomic mass is 19.1. The molecule has 0 aliphatic carbocycles. The van der Waals surface area contributed by atoms with E-state index in [2.05, 4.69) is 10.3 Å². The number of aromatic nitrogens is 1. The summed E-state index contributed by atoms with van der Waals surface area (Å²) < 4.78 is 13.1. The number of amides is 2. The van der Waals surface area contributed by atoms with Crippen molar-refractivity contribution in [3.8, 4) is 0 Å². The minimum Gasteiger partial charge on any atom is -0.349 e. The van der Waals surface area contributed by atoms with Gasteiger partial charge in [-0.1, -0.05) is 18.2 Å². The van der Waals surface area contributed by atoms with E-state index in [1.165, 1.54) is 12.1 Å². The number of carbonyl (C=O) groups excluding carboxylic acids is 2. The molecule has 1 aliphatic rings. The number of pyridine rings is 1. The Hall–Kier alpha value is -2.76. The first-order chi connectivity index (χ1) is 12.1. The molecule has 0 saturated carbocycles. The van der Waals surface area contributed by atoms with Crippen molar-refractivity contribution in [3.63, 3.8) is 0 Å². The van der Waals surface area contributed by atoms with Crippen molar-refractivity contribution < 1.29 is 14.0 Å². The molecule has 2 heterocycles. The van der Waals surface area contributed by atoms with Crippen molar-refractivity contribution >= 4 is 11.8 Å². The zero-order chi connectivity index (χ0) is 17.6. The van der Waals surface area contributed by atoms with E-state index in [0.717, 1.165) is 11.3 Å². The van der Waals surface area contributed by atoms with Crippen LogP contribution in [-0.4, -0.2) is 27.7 Å². The Bertz CT molecular complexity index is 734. The molecule has 130 valence electrons. The van der Waals surface area contributed by atoms with E-state index in [4.69, 9.17) is 0 Å². The Labute approximate surface area is 145 Å². The molecule has 2 amide bonds. The quantitative estimate of drug-likeness (QED) is 0.908. The van der Waals surface area contributed by atoms with E-state index in [9.17, 15) is 14.0 Å². The van der Waals surface area contributed by atoms with Crippen LogP contribution >= 0.6 is 0 Å². The fourth-order valence-electron chi connectivity index (χ4n) is 2.98. The van der Waals surface area contributed by atoms with Gasteiger partial charge in [-0.2, -0.15) is 0 Å². The van der Waals surface area contributed by atoms with Gasteiger partial charge in [0.1, 0.15) is 11.9 Å². The summed E-state index contributed by atoms with van der Waals surface area (Å²) in [6, 6.07) is 11.0. The Morgan fingerprint density at radius 3 is 2.76 bits per heavy atom. The van der Waals surface area contributed by atoms with Gasteiger partial charge in [-0.25, -0.2) is 4.39 Å². The molecule has 5 nitrogen and oxygen atoms in total. The second-order valence-electron chi connectivity index (χ2n) is 6.10. The van der Waals surface area contributed by atoms with Crippen LogP contribution in [0.25, 0.3) is 0 Å². The summed E-state index contributed by atoms with van der Waals surface area (Å²) >= 11 is 0. The van der Waals surface area contributed by atoms with Gasteiger partial charge in [-0.3, -0.25) is 14.6 Å². The zero-order valence-electron chi connectivity index (χ0n) is 13.8. The minimum atomic E-state index is -0.505. The Morgan fingerprint density at radius 1 is 1.24 bits per heavy atom. The number of likely N-dealkylation sites (tertiary alicyclic amines) is 1. The SMILES string of the molecule is O=C(NCc1ccccn1)C1CCCC(=O)N1Cc1ccc(F)cc1. The molecule has 1 aromatic heterocycles. The molecular formula is C19H20FN3O2. The molecule has 0 bridgehead atoms. The number of benzene rings is 1. The normalized spacial score (nSPS) is 17.4. The van der Waals surface area contributed by atoms with E-state index in [0.29, 0.717) is 32.4 Å². The predicted octanol–water partition coefficient (Wildman–Crippen LogP) is 2.42. The topological polar surface area (TPSA) is 62.3 Å². The first-order valence-corrected chi connectivity index (χ1v) is 8.35. The third kappa shape index (κ3) is 4.41. The molecule has 1 N–H and O–H groups in total. The Morgan fingerprint density at radius 2 is 2.04 bits per heavy atom. The number of hydrogen-bond donors (Lipinski definition) is 1. The summed E-state index contributed by atoms with van der Waals surface area (Å²) in [4.78, 5) is 30.7. The lowest BCUT2D eigenvalue weighted by molar-refractivity contribution is -0.144. The van der Waals surface area contributed by atoms with E-state index in [1.54, 1.807) is 23.2 Å². The molecular weight excluding hydrogens is 321 g/mol. The van der Waals surface area contributed by atoms with Gasteiger partial charge < -0.3 is 10.2 Å². The predicted molar refractivity (Wildman–Crippen MR) is 90.7 cm³/mol. The number of nitrogens with one attached hydrogen (secondary N) is 1. The van der Waals surface area contributed by atoms with Gasteiger partial charge in [0.25, 0.3) is 0 Å². The van der Waals surface area contributed by atoms with E-state index < -0.39 is 6.04 Å². The number of halogens is 1. The van der Waals surface area contributed by atoms with Gasteiger partial charge in [-0.05, 0) is 42.7 Å². The van der Waals surface area contributed by atoms with Crippen LogP contribution in [0.2, 0.25) is 0 Å². The van der Waals surface area contributed by atoms with Crippen molar-refractivity contribution in [1.82, 2.24) is 15.2 Å². The lowest BCUT2D eigenvalue weighted by atomic mass is 9.99. The lowest BCUT2D eigenvalue weighted by Crippen LogP contribution is -2.51. The third-order valence-electron chi connectivity index (χ3n) is 4.30. The highest BCUT2D eigenvalue weighted by Crippen LogP contribution is 2.21. The summed E-state index contributed by atoms with van der Waals surface area (Å²) in [6.45, 7) is 0.634. The average molecular weight is 341 g/mol. The number of carbonyl (C=O) groups is 2. The maximum atomic E-state index is 13.1. The number of hydrogen-bond acceptors (Lipinski definition) is 3. The molecule has 1 aromatic carbocycles. The van der Waals surface area contributed by atoms with Gasteiger partial charge in [0.05, 0.1) is 12.2 Å². The smallest absolute Gasteiger partial charge is 0.243 e. The second kappa shape index (κ2) is 7.88. The fraction of sp³-hybridized carbons (Fsp3) is 0.316. The summed E-state index contributed by atoms with van der Waals surface area (Å²) in [5, 5.41) is 2.86. The van der Waals surface area contributed by atoms with Crippen LogP contribution in [-0.2, 0) is 22.7 Å².